The standard InChI is InChI=1S/C16H18BrNOS/c1-11(17)12-6-8-18(9-7-12)16(19)14-10-20-15-5-3-2-4-13(14)15/h2-5,10-12H,6-9H2,1H3. The Kier molecular flexibility index (Phi) is 4.13. The van der Waals surface area contributed by atoms with Crippen molar-refractivity contribution in [2.45, 2.75) is 24.6 Å². The average Bonchev–Trinajstić information content (AvgIpc) is 2.90. The van der Waals surface area contributed by atoms with Crippen LogP contribution >= 0.6 is 27.3 Å². The molecule has 1 aliphatic rings. The van der Waals surface area contributed by atoms with E-state index in [-0.39, 0.29) is 5.91 Å². The lowest BCUT2D eigenvalue weighted by Gasteiger charge is -2.33. The molecule has 4 heteroatoms. The SMILES string of the molecule is CC(Br)C1CCN(C(=O)c2csc3ccccc23)CC1. The van der Waals surface area contributed by atoms with Gasteiger partial charge in [-0.15, -0.1) is 11.3 Å². The van der Waals surface area contributed by atoms with Gasteiger partial charge in [0.25, 0.3) is 5.91 Å². The topological polar surface area (TPSA) is 20.3 Å². The Morgan fingerprint density at radius 2 is 2.05 bits per heavy atom. The first-order valence-corrected chi connectivity index (χ1v) is 8.86. The number of carbonyl (C=O) groups is 1. The molecule has 1 unspecified atom stereocenters. The van der Waals surface area contributed by atoms with E-state index in [2.05, 4.69) is 28.9 Å². The zero-order valence-electron chi connectivity index (χ0n) is 11.5. The number of rotatable bonds is 2. The molecule has 1 amide bonds. The summed E-state index contributed by atoms with van der Waals surface area (Å²) in [4.78, 5) is 15.2. The van der Waals surface area contributed by atoms with Crippen molar-refractivity contribution in [2.24, 2.45) is 5.92 Å². The number of thiophene rings is 1. The van der Waals surface area contributed by atoms with Crippen LogP contribution in [0.5, 0.6) is 0 Å². The zero-order valence-corrected chi connectivity index (χ0v) is 13.9. The van der Waals surface area contributed by atoms with Gasteiger partial charge in [-0.3, -0.25) is 4.79 Å². The van der Waals surface area contributed by atoms with Crippen molar-refractivity contribution in [3.63, 3.8) is 0 Å². The maximum Gasteiger partial charge on any atom is 0.255 e. The molecule has 2 heterocycles. The van der Waals surface area contributed by atoms with Gasteiger partial charge in [-0.05, 0) is 24.8 Å². The van der Waals surface area contributed by atoms with Gasteiger partial charge in [-0.1, -0.05) is 41.1 Å². The molecule has 0 spiro atoms. The monoisotopic (exact) mass is 351 g/mol. The second kappa shape index (κ2) is 5.86. The van der Waals surface area contributed by atoms with Gasteiger partial charge in [-0.2, -0.15) is 0 Å². The fourth-order valence-electron chi connectivity index (χ4n) is 2.88. The molecular formula is C16H18BrNOS. The smallest absolute Gasteiger partial charge is 0.255 e. The minimum Gasteiger partial charge on any atom is -0.339 e. The van der Waals surface area contributed by atoms with Crippen molar-refractivity contribution in [2.75, 3.05) is 13.1 Å². The van der Waals surface area contributed by atoms with Crippen LogP contribution in [0, 0.1) is 5.92 Å². The summed E-state index contributed by atoms with van der Waals surface area (Å²) in [6, 6.07) is 8.16. The van der Waals surface area contributed by atoms with Gasteiger partial charge in [0.15, 0.2) is 0 Å². The van der Waals surface area contributed by atoms with Gasteiger partial charge in [0.05, 0.1) is 5.56 Å². The number of hydrogen-bond donors (Lipinski definition) is 0. The molecule has 0 bridgehead atoms. The number of hydrogen-bond acceptors (Lipinski definition) is 2. The maximum absolute atomic E-state index is 12.7. The fourth-order valence-corrected chi connectivity index (χ4v) is 4.34. The van der Waals surface area contributed by atoms with E-state index in [1.54, 1.807) is 11.3 Å². The molecule has 1 aromatic carbocycles. The Morgan fingerprint density at radius 1 is 1.35 bits per heavy atom. The van der Waals surface area contributed by atoms with E-state index in [1.807, 2.05) is 28.5 Å². The average molecular weight is 352 g/mol. The van der Waals surface area contributed by atoms with Crippen molar-refractivity contribution in [3.05, 3.63) is 35.2 Å². The number of nitrogens with zero attached hydrogens (tertiary/aromatic N) is 1. The Bertz CT molecular complexity index is 614. The van der Waals surface area contributed by atoms with Crippen LogP contribution in [0.25, 0.3) is 10.1 Å². The van der Waals surface area contributed by atoms with Crippen LogP contribution in [-0.4, -0.2) is 28.7 Å². The molecule has 0 N–H and O–H groups in total. The number of carbonyl (C=O) groups excluding carboxylic acids is 1. The lowest BCUT2D eigenvalue weighted by atomic mass is 9.94. The van der Waals surface area contributed by atoms with Crippen molar-refractivity contribution < 1.29 is 4.79 Å². The van der Waals surface area contributed by atoms with Crippen LogP contribution in [0.4, 0.5) is 0 Å². The molecule has 3 rings (SSSR count). The number of halogens is 1. The number of piperidine rings is 1. The molecule has 1 saturated heterocycles. The minimum atomic E-state index is 0.197. The number of alkyl halides is 1. The molecule has 1 aliphatic heterocycles. The molecule has 1 aromatic heterocycles. The zero-order chi connectivity index (χ0) is 14.1. The number of amides is 1. The molecule has 0 radical (unpaired) electrons. The summed E-state index contributed by atoms with van der Waals surface area (Å²) in [5, 5.41) is 3.10. The fraction of sp³-hybridized carbons (Fsp3) is 0.438. The van der Waals surface area contributed by atoms with Crippen LogP contribution < -0.4 is 0 Å². The Labute approximate surface area is 131 Å². The third-order valence-electron chi connectivity index (χ3n) is 4.19. The van der Waals surface area contributed by atoms with E-state index < -0.39 is 0 Å². The van der Waals surface area contributed by atoms with Gasteiger partial charge in [0.1, 0.15) is 0 Å². The summed E-state index contributed by atoms with van der Waals surface area (Å²) in [5.41, 5.74) is 0.871. The minimum absolute atomic E-state index is 0.197. The first kappa shape index (κ1) is 14.1. The lowest BCUT2D eigenvalue weighted by molar-refractivity contribution is 0.0694. The van der Waals surface area contributed by atoms with Gasteiger partial charge in [-0.25, -0.2) is 0 Å². The normalized spacial score (nSPS) is 18.4. The third kappa shape index (κ3) is 2.63. The van der Waals surface area contributed by atoms with Crippen LogP contribution in [0.3, 0.4) is 0 Å². The van der Waals surface area contributed by atoms with E-state index in [0.717, 1.165) is 36.9 Å². The second-order valence-electron chi connectivity index (χ2n) is 5.45. The summed E-state index contributed by atoms with van der Waals surface area (Å²) in [6.45, 7) is 3.96. The summed E-state index contributed by atoms with van der Waals surface area (Å²) in [7, 11) is 0. The van der Waals surface area contributed by atoms with Gasteiger partial charge in [0.2, 0.25) is 0 Å². The molecule has 20 heavy (non-hydrogen) atoms. The van der Waals surface area contributed by atoms with Gasteiger partial charge in [0, 0.05) is 33.4 Å². The summed E-state index contributed by atoms with van der Waals surface area (Å²) in [5.74, 6) is 0.890. The van der Waals surface area contributed by atoms with Crippen molar-refractivity contribution >= 4 is 43.3 Å². The maximum atomic E-state index is 12.7. The summed E-state index contributed by atoms with van der Waals surface area (Å²) in [6.07, 6.45) is 2.19. The molecule has 2 nitrogen and oxygen atoms in total. The van der Waals surface area contributed by atoms with E-state index >= 15 is 0 Å². The molecule has 1 atom stereocenters. The highest BCUT2D eigenvalue weighted by molar-refractivity contribution is 9.09. The van der Waals surface area contributed by atoms with E-state index in [4.69, 9.17) is 0 Å². The second-order valence-corrected chi connectivity index (χ2v) is 7.81. The van der Waals surface area contributed by atoms with Gasteiger partial charge < -0.3 is 4.90 Å². The summed E-state index contributed by atoms with van der Waals surface area (Å²) < 4.78 is 1.19. The predicted octanol–water partition coefficient (Wildman–Crippen LogP) is 4.54. The molecule has 1 fully saturated rings. The number of fused-ring (bicyclic) bond motifs is 1. The third-order valence-corrected chi connectivity index (χ3v) is 5.90. The van der Waals surface area contributed by atoms with Crippen LogP contribution in [-0.2, 0) is 0 Å². The highest BCUT2D eigenvalue weighted by atomic mass is 79.9. The predicted molar refractivity (Wildman–Crippen MR) is 88.8 cm³/mol. The van der Waals surface area contributed by atoms with E-state index in [0.29, 0.717) is 10.7 Å². The molecular weight excluding hydrogens is 334 g/mol. The van der Waals surface area contributed by atoms with Gasteiger partial charge >= 0.3 is 0 Å². The largest absolute Gasteiger partial charge is 0.339 e. The molecule has 106 valence electrons. The van der Waals surface area contributed by atoms with Crippen molar-refractivity contribution in [1.29, 1.82) is 0 Å². The summed E-state index contributed by atoms with van der Waals surface area (Å²) >= 11 is 5.32. The molecule has 0 aliphatic carbocycles. The van der Waals surface area contributed by atoms with Crippen LogP contribution in [0.2, 0.25) is 0 Å². The molecule has 2 aromatic rings. The van der Waals surface area contributed by atoms with E-state index in [1.165, 1.54) is 4.70 Å². The Balaban J connectivity index is 1.77. The molecule has 0 saturated carbocycles. The first-order chi connectivity index (χ1) is 9.66. The Hall–Kier alpha value is -0.870. The number of benzene rings is 1. The highest BCUT2D eigenvalue weighted by Crippen LogP contribution is 2.29. The Morgan fingerprint density at radius 3 is 2.75 bits per heavy atom. The van der Waals surface area contributed by atoms with E-state index in [9.17, 15) is 4.79 Å². The van der Waals surface area contributed by atoms with Crippen molar-refractivity contribution in [1.82, 2.24) is 4.90 Å². The van der Waals surface area contributed by atoms with Crippen LogP contribution in [0.1, 0.15) is 30.1 Å². The highest BCUT2D eigenvalue weighted by Gasteiger charge is 2.26. The lowest BCUT2D eigenvalue weighted by Crippen LogP contribution is -2.39. The van der Waals surface area contributed by atoms with Crippen LogP contribution in [0.15, 0.2) is 29.6 Å². The first-order valence-electron chi connectivity index (χ1n) is 7.06. The van der Waals surface area contributed by atoms with Crippen molar-refractivity contribution in [3.8, 4) is 0 Å². The number of likely N-dealkylation sites (tertiary alicyclic amines) is 1. The quantitative estimate of drug-likeness (QED) is 0.727.